The fraction of sp³-hybridized carbons (Fsp3) is 0.267. The van der Waals surface area contributed by atoms with Gasteiger partial charge in [0.05, 0.1) is 11.7 Å². The van der Waals surface area contributed by atoms with Crippen LogP contribution in [0.3, 0.4) is 0 Å². The first kappa shape index (κ1) is 11.1. The minimum atomic E-state index is 0.982. The Hall–Kier alpha value is -1.81. The molecule has 0 fully saturated rings. The fourth-order valence-corrected chi connectivity index (χ4v) is 3.46. The smallest absolute Gasteiger partial charge is 0.112 e. The van der Waals surface area contributed by atoms with Crippen LogP contribution in [-0.2, 0) is 12.8 Å². The summed E-state index contributed by atoms with van der Waals surface area (Å²) in [6, 6.07) is 6.21. The molecule has 0 saturated heterocycles. The van der Waals surface area contributed by atoms with Gasteiger partial charge in [-0.25, -0.2) is 0 Å². The van der Waals surface area contributed by atoms with E-state index in [4.69, 9.17) is 0 Å². The van der Waals surface area contributed by atoms with Crippen LogP contribution in [0.15, 0.2) is 30.6 Å². The van der Waals surface area contributed by atoms with Crippen molar-refractivity contribution in [3.63, 3.8) is 0 Å². The molecule has 4 heteroatoms. The van der Waals surface area contributed by atoms with Crippen molar-refractivity contribution in [1.29, 1.82) is 0 Å². The largest absolute Gasteiger partial charge is 0.264 e. The van der Waals surface area contributed by atoms with Gasteiger partial charge < -0.3 is 0 Å². The lowest BCUT2D eigenvalue weighted by atomic mass is 9.87. The van der Waals surface area contributed by atoms with Crippen LogP contribution < -0.4 is 0 Å². The number of rotatable bonds is 1. The molecule has 2 aromatic heterocycles. The molecule has 3 aromatic rings. The van der Waals surface area contributed by atoms with Gasteiger partial charge in [-0.1, -0.05) is 12.1 Å². The Morgan fingerprint density at radius 3 is 2.89 bits per heavy atom. The van der Waals surface area contributed by atoms with E-state index in [1.54, 1.807) is 0 Å². The quantitative estimate of drug-likeness (QED) is 0.675. The van der Waals surface area contributed by atoms with E-state index in [9.17, 15) is 0 Å². The minimum absolute atomic E-state index is 0.982. The summed E-state index contributed by atoms with van der Waals surface area (Å²) in [7, 11) is 0. The Balaban J connectivity index is 2.00. The van der Waals surface area contributed by atoms with Crippen LogP contribution in [0.4, 0.5) is 0 Å². The monoisotopic (exact) mass is 267 g/mol. The van der Waals surface area contributed by atoms with Gasteiger partial charge in [-0.3, -0.25) is 4.98 Å². The van der Waals surface area contributed by atoms with Gasteiger partial charge in [-0.05, 0) is 42.9 Å². The highest BCUT2D eigenvalue weighted by molar-refractivity contribution is 7.00. The van der Waals surface area contributed by atoms with Crippen molar-refractivity contribution in [2.45, 2.75) is 25.7 Å². The first-order valence-electron chi connectivity index (χ1n) is 6.61. The van der Waals surface area contributed by atoms with Crippen molar-refractivity contribution < 1.29 is 0 Å². The second kappa shape index (κ2) is 4.38. The number of aryl methyl sites for hydroxylation is 1. The molecule has 1 aliphatic rings. The Labute approximate surface area is 115 Å². The lowest BCUT2D eigenvalue weighted by Crippen LogP contribution is -2.05. The van der Waals surface area contributed by atoms with Crippen LogP contribution in [0.5, 0.6) is 0 Å². The molecule has 1 aliphatic carbocycles. The average Bonchev–Trinajstić information content (AvgIpc) is 2.95. The van der Waals surface area contributed by atoms with Gasteiger partial charge >= 0.3 is 0 Å². The van der Waals surface area contributed by atoms with Gasteiger partial charge in [0.1, 0.15) is 11.0 Å². The standard InChI is InChI=1S/C15H13N3S/c1-2-5-11-10(4-1)8-16-9-13(11)12-6-3-7-14-15(12)18-19-17-14/h3,6-9H,1-2,4-5H2. The van der Waals surface area contributed by atoms with E-state index in [0.717, 1.165) is 23.9 Å². The second-order valence-corrected chi connectivity index (χ2v) is 5.50. The first-order chi connectivity index (χ1) is 9.43. The van der Waals surface area contributed by atoms with Gasteiger partial charge in [-0.15, -0.1) is 0 Å². The molecule has 0 saturated carbocycles. The third-order valence-corrected chi connectivity index (χ3v) is 4.39. The molecule has 0 amide bonds. The second-order valence-electron chi connectivity index (χ2n) is 4.97. The number of pyridine rings is 1. The molecule has 94 valence electrons. The van der Waals surface area contributed by atoms with Crippen molar-refractivity contribution >= 4 is 22.8 Å². The first-order valence-corrected chi connectivity index (χ1v) is 7.34. The number of hydrogen-bond acceptors (Lipinski definition) is 4. The number of hydrogen-bond donors (Lipinski definition) is 0. The lowest BCUT2D eigenvalue weighted by Gasteiger charge is -2.18. The van der Waals surface area contributed by atoms with Crippen LogP contribution in [0, 0.1) is 0 Å². The Kier molecular flexibility index (Phi) is 2.55. The molecule has 0 aliphatic heterocycles. The van der Waals surface area contributed by atoms with Gasteiger partial charge in [0.15, 0.2) is 0 Å². The molecule has 0 bridgehead atoms. The zero-order valence-corrected chi connectivity index (χ0v) is 11.3. The number of nitrogens with zero attached hydrogens (tertiary/aromatic N) is 3. The number of fused-ring (bicyclic) bond motifs is 2. The van der Waals surface area contributed by atoms with Gasteiger partial charge in [-0.2, -0.15) is 8.75 Å². The highest BCUT2D eigenvalue weighted by atomic mass is 32.1. The highest BCUT2D eigenvalue weighted by Crippen LogP contribution is 2.34. The minimum Gasteiger partial charge on any atom is -0.264 e. The molecule has 2 heterocycles. The molecule has 0 radical (unpaired) electrons. The predicted molar refractivity (Wildman–Crippen MR) is 77.3 cm³/mol. The molecule has 0 atom stereocenters. The zero-order chi connectivity index (χ0) is 12.7. The van der Waals surface area contributed by atoms with E-state index in [-0.39, 0.29) is 0 Å². The normalized spacial score (nSPS) is 14.5. The van der Waals surface area contributed by atoms with Crippen LogP contribution in [-0.4, -0.2) is 13.7 Å². The zero-order valence-electron chi connectivity index (χ0n) is 10.5. The molecule has 1 aromatic carbocycles. The molecule has 0 N–H and O–H groups in total. The summed E-state index contributed by atoms with van der Waals surface area (Å²) in [5, 5.41) is 0. The van der Waals surface area contributed by atoms with Crippen molar-refractivity contribution in [1.82, 2.24) is 13.7 Å². The van der Waals surface area contributed by atoms with Gasteiger partial charge in [0.25, 0.3) is 0 Å². The summed E-state index contributed by atoms with van der Waals surface area (Å²) in [5.74, 6) is 0. The van der Waals surface area contributed by atoms with E-state index in [0.29, 0.717) is 0 Å². The van der Waals surface area contributed by atoms with Crippen molar-refractivity contribution in [2.24, 2.45) is 0 Å². The summed E-state index contributed by atoms with van der Waals surface area (Å²) >= 11 is 1.28. The van der Waals surface area contributed by atoms with Crippen LogP contribution in [0.2, 0.25) is 0 Å². The third-order valence-electron chi connectivity index (χ3n) is 3.85. The summed E-state index contributed by atoms with van der Waals surface area (Å²) in [4.78, 5) is 4.42. The summed E-state index contributed by atoms with van der Waals surface area (Å²) in [5.41, 5.74) is 7.28. The van der Waals surface area contributed by atoms with E-state index in [1.165, 1.54) is 46.8 Å². The van der Waals surface area contributed by atoms with Crippen LogP contribution in [0.1, 0.15) is 24.0 Å². The van der Waals surface area contributed by atoms with Crippen LogP contribution >= 0.6 is 11.7 Å². The molecule has 0 unspecified atom stereocenters. The molecule has 4 rings (SSSR count). The third kappa shape index (κ3) is 1.75. The fourth-order valence-electron chi connectivity index (χ4n) is 2.91. The van der Waals surface area contributed by atoms with Gasteiger partial charge in [0, 0.05) is 23.5 Å². The maximum Gasteiger partial charge on any atom is 0.112 e. The maximum absolute atomic E-state index is 4.45. The van der Waals surface area contributed by atoms with Crippen molar-refractivity contribution in [2.75, 3.05) is 0 Å². The Bertz CT molecular complexity index is 748. The SMILES string of the molecule is c1cc(-c2cncc3c2CCCC3)c2nsnc2c1. The maximum atomic E-state index is 4.45. The average molecular weight is 267 g/mol. The lowest BCUT2D eigenvalue weighted by molar-refractivity contribution is 0.683. The van der Waals surface area contributed by atoms with Crippen LogP contribution in [0.25, 0.3) is 22.2 Å². The summed E-state index contributed by atoms with van der Waals surface area (Å²) in [6.45, 7) is 0. The van der Waals surface area contributed by atoms with E-state index < -0.39 is 0 Å². The number of aromatic nitrogens is 3. The summed E-state index contributed by atoms with van der Waals surface area (Å²) < 4.78 is 8.77. The summed E-state index contributed by atoms with van der Waals surface area (Å²) in [6.07, 6.45) is 8.87. The highest BCUT2D eigenvalue weighted by Gasteiger charge is 2.17. The molecule has 19 heavy (non-hydrogen) atoms. The molecular formula is C15H13N3S. The van der Waals surface area contributed by atoms with Gasteiger partial charge in [0.2, 0.25) is 0 Å². The Morgan fingerprint density at radius 1 is 0.947 bits per heavy atom. The van der Waals surface area contributed by atoms with E-state index >= 15 is 0 Å². The van der Waals surface area contributed by atoms with Crippen molar-refractivity contribution in [3.8, 4) is 11.1 Å². The number of benzene rings is 1. The van der Waals surface area contributed by atoms with Crippen molar-refractivity contribution in [3.05, 3.63) is 41.7 Å². The predicted octanol–water partition coefficient (Wildman–Crippen LogP) is 3.63. The molecule has 3 nitrogen and oxygen atoms in total. The van der Waals surface area contributed by atoms with E-state index in [1.807, 2.05) is 18.5 Å². The Morgan fingerprint density at radius 2 is 1.89 bits per heavy atom. The topological polar surface area (TPSA) is 38.7 Å². The molecule has 0 spiro atoms. The van der Waals surface area contributed by atoms with E-state index in [2.05, 4.69) is 25.9 Å². The molecular weight excluding hydrogens is 254 g/mol.